The van der Waals surface area contributed by atoms with E-state index < -0.39 is 11.5 Å². The van der Waals surface area contributed by atoms with Crippen LogP contribution in [0.15, 0.2) is 48.7 Å². The van der Waals surface area contributed by atoms with Gasteiger partial charge in [-0.15, -0.1) is 0 Å². The number of carbonyl (C=O) groups excluding carboxylic acids is 1. The van der Waals surface area contributed by atoms with Crippen molar-refractivity contribution in [3.8, 4) is 0 Å². The van der Waals surface area contributed by atoms with Gasteiger partial charge < -0.3 is 15.1 Å². The maximum absolute atomic E-state index is 13.2. The molecule has 2 N–H and O–H groups in total. The van der Waals surface area contributed by atoms with Crippen LogP contribution in [0.25, 0.3) is 0 Å². The summed E-state index contributed by atoms with van der Waals surface area (Å²) in [5.41, 5.74) is 0.853. The van der Waals surface area contributed by atoms with Crippen molar-refractivity contribution in [3.05, 3.63) is 65.7 Å². The number of aromatic nitrogens is 1. The number of carbonyl (C=O) groups is 1. The molecule has 2 atom stereocenters. The van der Waals surface area contributed by atoms with Gasteiger partial charge in [0, 0.05) is 36.8 Å². The molecular formula is C21H25FN2O3. The molecule has 6 heteroatoms. The smallest absolute Gasteiger partial charge is 0.222 e. The Bertz CT molecular complexity index is 754. The summed E-state index contributed by atoms with van der Waals surface area (Å²) in [5, 5.41) is 20.6. The number of hydrogen-bond donors (Lipinski definition) is 2. The van der Waals surface area contributed by atoms with Crippen LogP contribution in [0.1, 0.15) is 24.1 Å². The van der Waals surface area contributed by atoms with E-state index in [0.29, 0.717) is 32.2 Å². The number of nitrogens with zero attached hydrogens (tertiary/aromatic N) is 2. The lowest BCUT2D eigenvalue weighted by molar-refractivity contribution is -0.141. The standard InChI is InChI=1S/C21H25FN2O3/c22-17-6-4-16(5-7-17)13-21(15-25)14-24(12-10-19(21)26)20(27)9-8-18-3-1-2-11-23-18/h1-7,11,19,25-26H,8-10,12-15H2/t19-,21-/m0/s1. The molecule has 0 bridgehead atoms. The number of hydrogen-bond acceptors (Lipinski definition) is 4. The first kappa shape index (κ1) is 19.5. The van der Waals surface area contributed by atoms with Gasteiger partial charge in [0.15, 0.2) is 0 Å². The third kappa shape index (κ3) is 4.70. The average Bonchev–Trinajstić information content (AvgIpc) is 2.70. The van der Waals surface area contributed by atoms with Gasteiger partial charge in [-0.1, -0.05) is 18.2 Å². The Morgan fingerprint density at radius 2 is 2.04 bits per heavy atom. The number of aliphatic hydroxyl groups excluding tert-OH is 2. The Morgan fingerprint density at radius 1 is 1.26 bits per heavy atom. The molecule has 2 aromatic rings. The van der Waals surface area contributed by atoms with E-state index in [1.54, 1.807) is 23.2 Å². The molecule has 1 saturated heterocycles. The molecule has 1 fully saturated rings. The second kappa shape index (κ2) is 8.59. The Hall–Kier alpha value is -2.31. The largest absolute Gasteiger partial charge is 0.396 e. The lowest BCUT2D eigenvalue weighted by atomic mass is 9.73. The van der Waals surface area contributed by atoms with Gasteiger partial charge >= 0.3 is 0 Å². The molecule has 1 aromatic heterocycles. The number of aryl methyl sites for hydroxylation is 1. The predicted octanol–water partition coefficient (Wildman–Crippen LogP) is 1.97. The lowest BCUT2D eigenvalue weighted by Gasteiger charge is -2.45. The Kier molecular flexibility index (Phi) is 6.19. The first-order valence-corrected chi connectivity index (χ1v) is 9.23. The summed E-state index contributed by atoms with van der Waals surface area (Å²) in [6, 6.07) is 11.7. The van der Waals surface area contributed by atoms with Crippen molar-refractivity contribution in [1.82, 2.24) is 9.88 Å². The summed E-state index contributed by atoms with van der Waals surface area (Å²) in [5.74, 6) is -0.336. The highest BCUT2D eigenvalue weighted by atomic mass is 19.1. The maximum atomic E-state index is 13.2. The Morgan fingerprint density at radius 3 is 2.70 bits per heavy atom. The highest BCUT2D eigenvalue weighted by Gasteiger charge is 2.43. The second-order valence-corrected chi connectivity index (χ2v) is 7.26. The number of likely N-dealkylation sites (tertiary alicyclic amines) is 1. The van der Waals surface area contributed by atoms with Crippen LogP contribution >= 0.6 is 0 Å². The van der Waals surface area contributed by atoms with Crippen LogP contribution in [0.5, 0.6) is 0 Å². The molecule has 0 spiro atoms. The number of amides is 1. The van der Waals surface area contributed by atoms with E-state index in [4.69, 9.17) is 0 Å². The summed E-state index contributed by atoms with van der Waals surface area (Å²) >= 11 is 0. The summed E-state index contributed by atoms with van der Waals surface area (Å²) < 4.78 is 13.2. The van der Waals surface area contributed by atoms with Crippen molar-refractivity contribution in [2.24, 2.45) is 5.41 Å². The molecule has 27 heavy (non-hydrogen) atoms. The van der Waals surface area contributed by atoms with Crippen molar-refractivity contribution >= 4 is 5.91 Å². The minimum Gasteiger partial charge on any atom is -0.396 e. The van der Waals surface area contributed by atoms with E-state index in [-0.39, 0.29) is 24.9 Å². The first-order valence-electron chi connectivity index (χ1n) is 9.23. The van der Waals surface area contributed by atoms with Crippen molar-refractivity contribution in [2.75, 3.05) is 19.7 Å². The Balaban J connectivity index is 1.67. The van der Waals surface area contributed by atoms with Crippen LogP contribution in [0.2, 0.25) is 0 Å². The predicted molar refractivity (Wildman–Crippen MR) is 99.4 cm³/mol. The minimum absolute atomic E-state index is 0.00974. The van der Waals surface area contributed by atoms with E-state index in [1.165, 1.54) is 12.1 Å². The SMILES string of the molecule is O=C(CCc1ccccn1)N1CC[C@H](O)[C@@](CO)(Cc2ccc(F)cc2)C1. The molecule has 144 valence electrons. The second-order valence-electron chi connectivity index (χ2n) is 7.26. The van der Waals surface area contributed by atoms with Gasteiger partial charge in [-0.05, 0) is 49.1 Å². The third-order valence-corrected chi connectivity index (χ3v) is 5.34. The molecular weight excluding hydrogens is 347 g/mol. The number of aliphatic hydroxyl groups is 2. The normalized spacial score (nSPS) is 22.6. The lowest BCUT2D eigenvalue weighted by Crippen LogP contribution is -2.56. The summed E-state index contributed by atoms with van der Waals surface area (Å²) in [7, 11) is 0. The van der Waals surface area contributed by atoms with Crippen LogP contribution in [-0.4, -0.2) is 51.8 Å². The first-order chi connectivity index (χ1) is 13.0. The summed E-state index contributed by atoms with van der Waals surface area (Å²) in [6.07, 6.45) is 2.68. The van der Waals surface area contributed by atoms with Gasteiger partial charge in [0.25, 0.3) is 0 Å². The van der Waals surface area contributed by atoms with Crippen molar-refractivity contribution < 1.29 is 19.4 Å². The number of piperidine rings is 1. The number of halogens is 1. The third-order valence-electron chi connectivity index (χ3n) is 5.34. The minimum atomic E-state index is -0.837. The van der Waals surface area contributed by atoms with Gasteiger partial charge in [-0.3, -0.25) is 9.78 Å². The van der Waals surface area contributed by atoms with E-state index in [1.807, 2.05) is 18.2 Å². The highest BCUT2D eigenvalue weighted by Crippen LogP contribution is 2.34. The van der Waals surface area contributed by atoms with Crippen molar-refractivity contribution in [1.29, 1.82) is 0 Å². The highest BCUT2D eigenvalue weighted by molar-refractivity contribution is 5.76. The molecule has 0 aliphatic carbocycles. The van der Waals surface area contributed by atoms with Gasteiger partial charge in [0.05, 0.1) is 12.7 Å². The van der Waals surface area contributed by atoms with Crippen LogP contribution in [-0.2, 0) is 17.6 Å². The van der Waals surface area contributed by atoms with Crippen LogP contribution < -0.4 is 0 Å². The van der Waals surface area contributed by atoms with E-state index in [0.717, 1.165) is 11.3 Å². The van der Waals surface area contributed by atoms with Gasteiger partial charge in [-0.2, -0.15) is 0 Å². The number of pyridine rings is 1. The molecule has 0 unspecified atom stereocenters. The molecule has 1 amide bonds. The molecule has 1 aromatic carbocycles. The molecule has 0 saturated carbocycles. The maximum Gasteiger partial charge on any atom is 0.222 e. The van der Waals surface area contributed by atoms with Gasteiger partial charge in [0.2, 0.25) is 5.91 Å². The Labute approximate surface area is 158 Å². The van der Waals surface area contributed by atoms with Crippen molar-refractivity contribution in [2.45, 2.75) is 31.8 Å². The zero-order valence-electron chi connectivity index (χ0n) is 15.2. The average molecular weight is 372 g/mol. The van der Waals surface area contributed by atoms with Gasteiger partial charge in [-0.25, -0.2) is 4.39 Å². The molecule has 1 aliphatic rings. The van der Waals surface area contributed by atoms with E-state index in [2.05, 4.69) is 4.98 Å². The fourth-order valence-electron chi connectivity index (χ4n) is 3.69. The fourth-order valence-corrected chi connectivity index (χ4v) is 3.69. The monoisotopic (exact) mass is 372 g/mol. The zero-order chi connectivity index (χ0) is 19.3. The molecule has 1 aliphatic heterocycles. The summed E-state index contributed by atoms with van der Waals surface area (Å²) in [6.45, 7) is 0.506. The van der Waals surface area contributed by atoms with E-state index >= 15 is 0 Å². The number of rotatable bonds is 6. The zero-order valence-corrected chi connectivity index (χ0v) is 15.2. The topological polar surface area (TPSA) is 73.7 Å². The molecule has 3 rings (SSSR count). The van der Waals surface area contributed by atoms with E-state index in [9.17, 15) is 19.4 Å². The molecule has 5 nitrogen and oxygen atoms in total. The van der Waals surface area contributed by atoms with Crippen LogP contribution in [0.3, 0.4) is 0 Å². The van der Waals surface area contributed by atoms with Crippen molar-refractivity contribution in [3.63, 3.8) is 0 Å². The fraction of sp³-hybridized carbons (Fsp3) is 0.429. The van der Waals surface area contributed by atoms with Crippen LogP contribution in [0, 0.1) is 11.2 Å². The van der Waals surface area contributed by atoms with Crippen LogP contribution in [0.4, 0.5) is 4.39 Å². The number of benzene rings is 1. The van der Waals surface area contributed by atoms with Gasteiger partial charge in [0.1, 0.15) is 5.82 Å². The summed E-state index contributed by atoms with van der Waals surface area (Å²) in [4.78, 5) is 18.6. The quantitative estimate of drug-likeness (QED) is 0.813. The molecule has 2 heterocycles. The molecule has 0 radical (unpaired) electrons.